The molecular weight excluding hydrogens is 233 g/mol. The summed E-state index contributed by atoms with van der Waals surface area (Å²) in [5.74, 6) is 0.816. The molecule has 1 aliphatic heterocycles. The van der Waals surface area contributed by atoms with Gasteiger partial charge < -0.3 is 0 Å². The van der Waals surface area contributed by atoms with Gasteiger partial charge in [-0.3, -0.25) is 0 Å². The van der Waals surface area contributed by atoms with Crippen molar-refractivity contribution in [1.82, 2.24) is 5.09 Å². The summed E-state index contributed by atoms with van der Waals surface area (Å²) in [6, 6.07) is -0.283. The Labute approximate surface area is 95.7 Å². The second kappa shape index (κ2) is 5.48. The standard InChI is InChI=1S/C9H20NO3PS/c1-7(2)13-9(11)8(3)10-14(4)12-5-6-15-14/h7-8,10,14H,5-6H2,1-4H3/t8-/m0/s1. The molecule has 1 aliphatic rings. The van der Waals surface area contributed by atoms with Gasteiger partial charge in [0.1, 0.15) is 0 Å². The quantitative estimate of drug-likeness (QED) is 0.611. The maximum absolute atomic E-state index is 11.6. The fourth-order valence-corrected chi connectivity index (χ4v) is 6.43. The minimum absolute atomic E-state index is 0.0617. The fraction of sp³-hybridized carbons (Fsp3) is 0.889. The van der Waals surface area contributed by atoms with Crippen LogP contribution in [-0.2, 0) is 14.1 Å². The number of carbonyl (C=O) groups excluding carboxylic acids is 1. The van der Waals surface area contributed by atoms with Crippen molar-refractivity contribution in [3.63, 3.8) is 0 Å². The van der Waals surface area contributed by atoms with Crippen molar-refractivity contribution in [3.8, 4) is 0 Å². The van der Waals surface area contributed by atoms with Crippen LogP contribution in [0.5, 0.6) is 0 Å². The summed E-state index contributed by atoms with van der Waals surface area (Å²) in [7, 11) is 0. The number of nitrogens with one attached hydrogen (secondary N) is 1. The van der Waals surface area contributed by atoms with Gasteiger partial charge >= 0.3 is 95.3 Å². The monoisotopic (exact) mass is 253 g/mol. The third-order valence-corrected chi connectivity index (χ3v) is 7.63. The van der Waals surface area contributed by atoms with E-state index >= 15 is 0 Å². The number of esters is 1. The normalized spacial score (nSPS) is 23.8. The van der Waals surface area contributed by atoms with E-state index in [-0.39, 0.29) is 18.1 Å². The van der Waals surface area contributed by atoms with Gasteiger partial charge in [-0.1, -0.05) is 0 Å². The maximum atomic E-state index is 11.6. The Balaban J connectivity index is 2.40. The molecule has 0 aliphatic carbocycles. The van der Waals surface area contributed by atoms with Gasteiger partial charge in [0.25, 0.3) is 0 Å². The third-order valence-electron chi connectivity index (χ3n) is 2.02. The zero-order valence-corrected chi connectivity index (χ0v) is 11.5. The van der Waals surface area contributed by atoms with Crippen LogP contribution in [0.1, 0.15) is 20.8 Å². The van der Waals surface area contributed by atoms with Crippen LogP contribution in [0.15, 0.2) is 0 Å². The molecule has 4 nitrogen and oxygen atoms in total. The summed E-state index contributed by atoms with van der Waals surface area (Å²) in [6.07, 6.45) is -0.0617. The predicted molar refractivity (Wildman–Crippen MR) is 66.5 cm³/mol. The van der Waals surface area contributed by atoms with Gasteiger partial charge in [0.05, 0.1) is 0 Å². The molecule has 1 saturated heterocycles. The summed E-state index contributed by atoms with van der Waals surface area (Å²) >= 11 is 1.81. The summed E-state index contributed by atoms with van der Waals surface area (Å²) in [4.78, 5) is 11.6. The molecule has 0 unspecified atom stereocenters. The summed E-state index contributed by atoms with van der Waals surface area (Å²) in [5.41, 5.74) is 0. The Morgan fingerprint density at radius 2 is 2.20 bits per heavy atom. The van der Waals surface area contributed by atoms with Crippen molar-refractivity contribution in [2.24, 2.45) is 0 Å². The molecule has 1 heterocycles. The molecule has 0 aromatic carbocycles. The Hall–Kier alpha value is 0.170. The molecule has 0 aromatic heterocycles. The van der Waals surface area contributed by atoms with Crippen LogP contribution >= 0.6 is 18.2 Å². The second-order valence-electron chi connectivity index (χ2n) is 3.99. The Bertz CT molecular complexity index is 231. The van der Waals surface area contributed by atoms with E-state index in [1.165, 1.54) is 0 Å². The summed E-state index contributed by atoms with van der Waals surface area (Å²) < 4.78 is 10.8. The van der Waals surface area contributed by atoms with E-state index < -0.39 is 6.84 Å². The van der Waals surface area contributed by atoms with Gasteiger partial charge in [-0.25, -0.2) is 0 Å². The first-order valence-electron chi connectivity index (χ1n) is 5.19. The molecule has 15 heavy (non-hydrogen) atoms. The average molecular weight is 253 g/mol. The molecule has 1 atom stereocenters. The molecule has 0 spiro atoms. The molecule has 0 saturated carbocycles. The van der Waals surface area contributed by atoms with Crippen LogP contribution < -0.4 is 5.09 Å². The van der Waals surface area contributed by atoms with Crippen molar-refractivity contribution < 1.29 is 14.1 Å². The third kappa shape index (κ3) is 4.27. The van der Waals surface area contributed by atoms with Gasteiger partial charge in [0.2, 0.25) is 0 Å². The zero-order valence-electron chi connectivity index (χ0n) is 9.70. The average Bonchev–Trinajstić information content (AvgIpc) is 2.50. The van der Waals surface area contributed by atoms with Crippen LogP contribution in [0.3, 0.4) is 0 Å². The van der Waals surface area contributed by atoms with E-state index in [1.54, 1.807) is 0 Å². The number of carbonyl (C=O) groups is 1. The Morgan fingerprint density at radius 3 is 2.67 bits per heavy atom. The zero-order chi connectivity index (χ0) is 11.5. The topological polar surface area (TPSA) is 47.6 Å². The van der Waals surface area contributed by atoms with Crippen LogP contribution in [0.4, 0.5) is 0 Å². The molecule has 1 N–H and O–H groups in total. The molecule has 0 aromatic rings. The van der Waals surface area contributed by atoms with Gasteiger partial charge in [0, 0.05) is 0 Å². The molecule has 0 amide bonds. The van der Waals surface area contributed by atoms with Crippen LogP contribution in [0.2, 0.25) is 0 Å². The van der Waals surface area contributed by atoms with Crippen molar-refractivity contribution in [1.29, 1.82) is 0 Å². The minimum atomic E-state index is -1.90. The van der Waals surface area contributed by atoms with Crippen molar-refractivity contribution >= 4 is 24.2 Å². The molecule has 0 bridgehead atoms. The fourth-order valence-electron chi connectivity index (χ4n) is 1.38. The van der Waals surface area contributed by atoms with E-state index in [4.69, 9.17) is 9.26 Å². The van der Waals surface area contributed by atoms with Crippen LogP contribution in [0.25, 0.3) is 0 Å². The Kier molecular flexibility index (Phi) is 4.84. The SMILES string of the molecule is CC(C)OC(=O)[C@H](C)N[PH]1(C)OCCS1. The van der Waals surface area contributed by atoms with Gasteiger partial charge in [-0.2, -0.15) is 0 Å². The van der Waals surface area contributed by atoms with Crippen molar-refractivity contribution in [2.45, 2.75) is 32.9 Å². The first-order valence-corrected chi connectivity index (χ1v) is 9.31. The molecule has 0 radical (unpaired) electrons. The molecule has 1 fully saturated rings. The number of rotatable bonds is 4. The molecule has 1 rings (SSSR count). The van der Waals surface area contributed by atoms with Crippen LogP contribution in [-0.4, -0.2) is 37.1 Å². The summed E-state index contributed by atoms with van der Waals surface area (Å²) in [6.45, 7) is 6.49. The second-order valence-corrected chi connectivity index (χ2v) is 10.4. The predicted octanol–water partition coefficient (Wildman–Crippen LogP) is 1.80. The molecule has 90 valence electrons. The number of ether oxygens (including phenoxy) is 1. The van der Waals surface area contributed by atoms with Gasteiger partial charge in [-0.05, 0) is 0 Å². The molecule has 6 heteroatoms. The van der Waals surface area contributed by atoms with E-state index in [9.17, 15) is 4.79 Å². The number of hydrogen-bond acceptors (Lipinski definition) is 5. The molecular formula is C9H20NO3PS. The van der Waals surface area contributed by atoms with Crippen molar-refractivity contribution in [3.05, 3.63) is 0 Å². The van der Waals surface area contributed by atoms with E-state index in [1.807, 2.05) is 32.2 Å². The van der Waals surface area contributed by atoms with Gasteiger partial charge in [0.15, 0.2) is 0 Å². The van der Waals surface area contributed by atoms with E-state index in [0.717, 1.165) is 12.4 Å². The van der Waals surface area contributed by atoms with Crippen molar-refractivity contribution in [2.75, 3.05) is 19.0 Å². The Morgan fingerprint density at radius 1 is 1.53 bits per heavy atom. The first-order chi connectivity index (χ1) is 6.93. The summed E-state index contributed by atoms with van der Waals surface area (Å²) in [5, 5.41) is 3.27. The van der Waals surface area contributed by atoms with Gasteiger partial charge in [-0.15, -0.1) is 0 Å². The number of hydrogen-bond donors (Lipinski definition) is 1. The van der Waals surface area contributed by atoms with E-state index in [2.05, 4.69) is 11.8 Å². The first kappa shape index (κ1) is 13.2. The van der Waals surface area contributed by atoms with Crippen LogP contribution in [0, 0.1) is 0 Å². The van der Waals surface area contributed by atoms with E-state index in [0.29, 0.717) is 0 Å².